The number of hydrogen-bond donors (Lipinski definition) is 1. The van der Waals surface area contributed by atoms with Crippen LogP contribution < -0.4 is 10.2 Å². The number of carbonyl (C=O) groups is 1. The SMILES string of the molecule is CN(CCNC(=O)CCCCBr)c1ccccc1. The molecule has 0 aliphatic heterocycles. The van der Waals surface area contributed by atoms with Crippen molar-refractivity contribution in [3.8, 4) is 0 Å². The summed E-state index contributed by atoms with van der Waals surface area (Å²) in [6.07, 6.45) is 2.63. The van der Waals surface area contributed by atoms with Crippen molar-refractivity contribution >= 4 is 27.5 Å². The van der Waals surface area contributed by atoms with Crippen LogP contribution in [0.4, 0.5) is 5.69 Å². The molecular formula is C14H21BrN2O. The number of amides is 1. The van der Waals surface area contributed by atoms with Crippen LogP contribution >= 0.6 is 15.9 Å². The topological polar surface area (TPSA) is 32.3 Å². The highest BCUT2D eigenvalue weighted by molar-refractivity contribution is 9.09. The van der Waals surface area contributed by atoms with Crippen LogP contribution in [0.5, 0.6) is 0 Å². The van der Waals surface area contributed by atoms with Crippen molar-refractivity contribution in [2.75, 3.05) is 30.4 Å². The molecule has 4 heteroatoms. The van der Waals surface area contributed by atoms with E-state index in [9.17, 15) is 4.79 Å². The van der Waals surface area contributed by atoms with E-state index in [1.165, 1.54) is 5.69 Å². The number of alkyl halides is 1. The first-order chi connectivity index (χ1) is 8.74. The number of anilines is 1. The summed E-state index contributed by atoms with van der Waals surface area (Å²) in [5, 5.41) is 3.92. The summed E-state index contributed by atoms with van der Waals surface area (Å²) in [6, 6.07) is 10.2. The Kier molecular flexibility index (Phi) is 7.49. The van der Waals surface area contributed by atoms with E-state index in [0.717, 1.165) is 24.7 Å². The maximum atomic E-state index is 11.5. The summed E-state index contributed by atoms with van der Waals surface area (Å²) in [5.74, 6) is 0.150. The van der Waals surface area contributed by atoms with Gasteiger partial charge < -0.3 is 10.2 Å². The first-order valence-electron chi connectivity index (χ1n) is 6.33. The molecule has 1 aromatic carbocycles. The molecule has 18 heavy (non-hydrogen) atoms. The first kappa shape index (κ1) is 15.0. The summed E-state index contributed by atoms with van der Waals surface area (Å²) >= 11 is 3.36. The Morgan fingerprint density at radius 1 is 1.28 bits per heavy atom. The molecule has 0 bridgehead atoms. The molecular weight excluding hydrogens is 292 g/mol. The Balaban J connectivity index is 2.16. The predicted molar refractivity (Wildman–Crippen MR) is 80.4 cm³/mol. The van der Waals surface area contributed by atoms with Crippen LogP contribution in [0.2, 0.25) is 0 Å². The normalized spacial score (nSPS) is 10.1. The molecule has 0 saturated heterocycles. The largest absolute Gasteiger partial charge is 0.373 e. The second kappa shape index (κ2) is 8.97. The molecule has 1 amide bonds. The molecule has 0 atom stereocenters. The van der Waals surface area contributed by atoms with Crippen molar-refractivity contribution in [2.45, 2.75) is 19.3 Å². The quantitative estimate of drug-likeness (QED) is 0.591. The zero-order valence-electron chi connectivity index (χ0n) is 10.9. The summed E-state index contributed by atoms with van der Waals surface area (Å²) < 4.78 is 0. The van der Waals surface area contributed by atoms with E-state index in [0.29, 0.717) is 13.0 Å². The van der Waals surface area contributed by atoms with Gasteiger partial charge in [0, 0.05) is 37.6 Å². The van der Waals surface area contributed by atoms with Gasteiger partial charge in [-0.25, -0.2) is 0 Å². The molecule has 100 valence electrons. The van der Waals surface area contributed by atoms with E-state index in [2.05, 4.69) is 38.3 Å². The predicted octanol–water partition coefficient (Wildman–Crippen LogP) is 2.80. The Hall–Kier alpha value is -1.03. The van der Waals surface area contributed by atoms with E-state index < -0.39 is 0 Å². The van der Waals surface area contributed by atoms with Gasteiger partial charge in [0.1, 0.15) is 0 Å². The molecule has 0 radical (unpaired) electrons. The van der Waals surface area contributed by atoms with E-state index in [4.69, 9.17) is 0 Å². The number of carbonyl (C=O) groups excluding carboxylic acids is 1. The van der Waals surface area contributed by atoms with Crippen LogP contribution in [-0.4, -0.2) is 31.4 Å². The molecule has 3 nitrogen and oxygen atoms in total. The molecule has 0 fully saturated rings. The standard InChI is InChI=1S/C14H21BrN2O/c1-17(13-7-3-2-4-8-13)12-11-16-14(18)9-5-6-10-15/h2-4,7-8H,5-6,9-12H2,1H3,(H,16,18). The van der Waals surface area contributed by atoms with Gasteiger partial charge in [-0.2, -0.15) is 0 Å². The Morgan fingerprint density at radius 3 is 2.67 bits per heavy atom. The third-order valence-electron chi connectivity index (χ3n) is 2.75. The summed E-state index contributed by atoms with van der Waals surface area (Å²) in [4.78, 5) is 13.6. The molecule has 0 unspecified atom stereocenters. The van der Waals surface area contributed by atoms with Crippen molar-refractivity contribution in [1.29, 1.82) is 0 Å². The minimum Gasteiger partial charge on any atom is -0.373 e. The Bertz CT molecular complexity index is 343. The fourth-order valence-corrected chi connectivity index (χ4v) is 2.04. The highest BCUT2D eigenvalue weighted by Crippen LogP contribution is 2.09. The third-order valence-corrected chi connectivity index (χ3v) is 3.31. The lowest BCUT2D eigenvalue weighted by Gasteiger charge is -2.19. The molecule has 1 N–H and O–H groups in total. The zero-order chi connectivity index (χ0) is 13.2. The molecule has 0 aromatic heterocycles. The second-order valence-electron chi connectivity index (χ2n) is 4.25. The number of rotatable bonds is 8. The summed E-state index contributed by atoms with van der Waals surface area (Å²) in [7, 11) is 2.03. The minimum absolute atomic E-state index is 0.150. The van der Waals surface area contributed by atoms with E-state index in [-0.39, 0.29) is 5.91 Å². The van der Waals surface area contributed by atoms with Crippen molar-refractivity contribution in [3.05, 3.63) is 30.3 Å². The molecule has 0 saturated carbocycles. The smallest absolute Gasteiger partial charge is 0.220 e. The van der Waals surface area contributed by atoms with Gasteiger partial charge in [-0.05, 0) is 25.0 Å². The van der Waals surface area contributed by atoms with Gasteiger partial charge in [-0.15, -0.1) is 0 Å². The molecule has 1 aromatic rings. The first-order valence-corrected chi connectivity index (χ1v) is 7.45. The second-order valence-corrected chi connectivity index (χ2v) is 5.05. The maximum Gasteiger partial charge on any atom is 0.220 e. The van der Waals surface area contributed by atoms with Crippen molar-refractivity contribution in [2.24, 2.45) is 0 Å². The van der Waals surface area contributed by atoms with Gasteiger partial charge in [-0.1, -0.05) is 34.1 Å². The van der Waals surface area contributed by atoms with E-state index in [1.807, 2.05) is 25.2 Å². The zero-order valence-corrected chi connectivity index (χ0v) is 12.4. The number of halogens is 1. The Labute approximate surface area is 118 Å². The molecule has 1 rings (SSSR count). The monoisotopic (exact) mass is 312 g/mol. The van der Waals surface area contributed by atoms with E-state index in [1.54, 1.807) is 0 Å². The van der Waals surface area contributed by atoms with Gasteiger partial charge in [0.25, 0.3) is 0 Å². The molecule has 0 aliphatic rings. The fourth-order valence-electron chi connectivity index (χ4n) is 1.64. The number of unbranched alkanes of at least 4 members (excludes halogenated alkanes) is 1. The lowest BCUT2D eigenvalue weighted by molar-refractivity contribution is -0.121. The lowest BCUT2D eigenvalue weighted by Crippen LogP contribution is -2.32. The van der Waals surface area contributed by atoms with Crippen LogP contribution in [0.15, 0.2) is 30.3 Å². The number of nitrogens with zero attached hydrogens (tertiary/aromatic N) is 1. The summed E-state index contributed by atoms with van der Waals surface area (Å²) in [5.41, 5.74) is 1.17. The van der Waals surface area contributed by atoms with Gasteiger partial charge in [0.2, 0.25) is 5.91 Å². The highest BCUT2D eigenvalue weighted by atomic mass is 79.9. The van der Waals surface area contributed by atoms with Gasteiger partial charge in [0.15, 0.2) is 0 Å². The van der Waals surface area contributed by atoms with Crippen molar-refractivity contribution < 1.29 is 4.79 Å². The van der Waals surface area contributed by atoms with Crippen LogP contribution in [0.1, 0.15) is 19.3 Å². The molecule has 0 heterocycles. The number of para-hydroxylation sites is 1. The van der Waals surface area contributed by atoms with Gasteiger partial charge >= 0.3 is 0 Å². The Morgan fingerprint density at radius 2 is 2.00 bits per heavy atom. The number of hydrogen-bond acceptors (Lipinski definition) is 2. The molecule has 0 aliphatic carbocycles. The fraction of sp³-hybridized carbons (Fsp3) is 0.500. The van der Waals surface area contributed by atoms with Crippen molar-refractivity contribution in [3.63, 3.8) is 0 Å². The van der Waals surface area contributed by atoms with Crippen LogP contribution in [0, 0.1) is 0 Å². The lowest BCUT2D eigenvalue weighted by atomic mass is 10.2. The van der Waals surface area contributed by atoms with Crippen LogP contribution in [0.3, 0.4) is 0 Å². The van der Waals surface area contributed by atoms with Crippen molar-refractivity contribution in [1.82, 2.24) is 5.32 Å². The number of likely N-dealkylation sites (N-methyl/N-ethyl adjacent to an activating group) is 1. The van der Waals surface area contributed by atoms with Gasteiger partial charge in [-0.3, -0.25) is 4.79 Å². The third kappa shape index (κ3) is 6.05. The average molecular weight is 313 g/mol. The van der Waals surface area contributed by atoms with Crippen LogP contribution in [0.25, 0.3) is 0 Å². The van der Waals surface area contributed by atoms with Gasteiger partial charge in [0.05, 0.1) is 0 Å². The highest BCUT2D eigenvalue weighted by Gasteiger charge is 2.02. The number of benzene rings is 1. The maximum absolute atomic E-state index is 11.5. The summed E-state index contributed by atoms with van der Waals surface area (Å²) in [6.45, 7) is 1.52. The molecule has 0 spiro atoms. The average Bonchev–Trinajstić information content (AvgIpc) is 2.40. The minimum atomic E-state index is 0.150. The van der Waals surface area contributed by atoms with Crippen LogP contribution in [-0.2, 0) is 4.79 Å². The number of nitrogens with one attached hydrogen (secondary N) is 1. The van der Waals surface area contributed by atoms with E-state index >= 15 is 0 Å².